The van der Waals surface area contributed by atoms with E-state index in [0.29, 0.717) is 11.3 Å². The maximum absolute atomic E-state index is 5.85. The van der Waals surface area contributed by atoms with Crippen LogP contribution in [0.2, 0.25) is 5.28 Å². The third-order valence-corrected chi connectivity index (χ3v) is 2.78. The molecule has 1 atom stereocenters. The number of rotatable bonds is 1. The minimum absolute atomic E-state index is 0.329. The molecule has 1 aromatic rings. The highest BCUT2D eigenvalue weighted by Crippen LogP contribution is 2.18. The summed E-state index contributed by atoms with van der Waals surface area (Å²) in [5.41, 5.74) is 0.913. The molecule has 4 nitrogen and oxygen atoms in total. The van der Waals surface area contributed by atoms with Crippen molar-refractivity contribution in [1.82, 2.24) is 15.3 Å². The van der Waals surface area contributed by atoms with Gasteiger partial charge in [-0.05, 0) is 25.4 Å². The van der Waals surface area contributed by atoms with E-state index in [1.165, 1.54) is 0 Å². The maximum atomic E-state index is 5.85. The summed E-state index contributed by atoms with van der Waals surface area (Å²) in [5, 5.41) is 3.67. The fraction of sp³-hybridized carbons (Fsp3) is 0.600. The summed E-state index contributed by atoms with van der Waals surface area (Å²) in [7, 11) is 0. The van der Waals surface area contributed by atoms with Crippen molar-refractivity contribution in [3.05, 3.63) is 17.0 Å². The molecular formula is C10H15ClN4. The average molecular weight is 227 g/mol. The first-order valence-corrected chi connectivity index (χ1v) is 5.53. The SMILES string of the molecule is Cc1cc(N2CCNC[C@H]2C)nc(Cl)n1. The second-order valence-corrected chi connectivity index (χ2v) is 4.22. The summed E-state index contributed by atoms with van der Waals surface area (Å²) >= 11 is 5.85. The number of aromatic nitrogens is 2. The van der Waals surface area contributed by atoms with Gasteiger partial charge in [0.25, 0.3) is 0 Å². The van der Waals surface area contributed by atoms with Crippen LogP contribution in [0.25, 0.3) is 0 Å². The van der Waals surface area contributed by atoms with Crippen LogP contribution in [0.15, 0.2) is 6.07 Å². The van der Waals surface area contributed by atoms with E-state index in [2.05, 4.69) is 27.1 Å². The van der Waals surface area contributed by atoms with E-state index in [1.54, 1.807) is 0 Å². The fourth-order valence-electron chi connectivity index (χ4n) is 1.84. The van der Waals surface area contributed by atoms with Gasteiger partial charge in [-0.25, -0.2) is 9.97 Å². The van der Waals surface area contributed by atoms with Crippen molar-refractivity contribution in [2.45, 2.75) is 19.9 Å². The number of halogens is 1. The molecule has 0 bridgehead atoms. The van der Waals surface area contributed by atoms with Crippen LogP contribution in [0.5, 0.6) is 0 Å². The monoisotopic (exact) mass is 226 g/mol. The molecule has 0 spiro atoms. The Bertz CT molecular complexity index is 335. The van der Waals surface area contributed by atoms with Crippen LogP contribution in [0.1, 0.15) is 12.6 Å². The van der Waals surface area contributed by atoms with E-state index in [0.717, 1.165) is 31.1 Å². The van der Waals surface area contributed by atoms with Crippen LogP contribution in [0.4, 0.5) is 5.82 Å². The zero-order valence-electron chi connectivity index (χ0n) is 9.00. The van der Waals surface area contributed by atoms with Crippen LogP contribution >= 0.6 is 11.6 Å². The van der Waals surface area contributed by atoms with Crippen molar-refractivity contribution < 1.29 is 0 Å². The number of hydrogen-bond acceptors (Lipinski definition) is 4. The van der Waals surface area contributed by atoms with Gasteiger partial charge in [-0.2, -0.15) is 0 Å². The van der Waals surface area contributed by atoms with Gasteiger partial charge in [0.2, 0.25) is 5.28 Å². The molecule has 1 saturated heterocycles. The van der Waals surface area contributed by atoms with Gasteiger partial charge in [0.05, 0.1) is 0 Å². The Labute approximate surface area is 94.7 Å². The smallest absolute Gasteiger partial charge is 0.224 e. The molecule has 0 radical (unpaired) electrons. The lowest BCUT2D eigenvalue weighted by Gasteiger charge is -2.34. The van der Waals surface area contributed by atoms with E-state index < -0.39 is 0 Å². The molecule has 2 rings (SSSR count). The predicted molar refractivity (Wildman–Crippen MR) is 61.5 cm³/mol. The van der Waals surface area contributed by atoms with Gasteiger partial charge in [0.1, 0.15) is 5.82 Å². The average Bonchev–Trinajstić information content (AvgIpc) is 2.16. The number of piperazine rings is 1. The quantitative estimate of drug-likeness (QED) is 0.732. The Morgan fingerprint density at radius 3 is 3.00 bits per heavy atom. The molecule has 2 heterocycles. The summed E-state index contributed by atoms with van der Waals surface area (Å²) in [4.78, 5) is 10.6. The van der Waals surface area contributed by atoms with Crippen LogP contribution in [-0.2, 0) is 0 Å². The van der Waals surface area contributed by atoms with Gasteiger partial charge in [-0.15, -0.1) is 0 Å². The van der Waals surface area contributed by atoms with Crippen LogP contribution < -0.4 is 10.2 Å². The first-order valence-electron chi connectivity index (χ1n) is 5.15. The van der Waals surface area contributed by atoms with Crippen molar-refractivity contribution in [3.63, 3.8) is 0 Å². The van der Waals surface area contributed by atoms with Gasteiger partial charge in [-0.3, -0.25) is 0 Å². The molecular weight excluding hydrogens is 212 g/mol. The standard InChI is InChI=1S/C10H15ClN4/c1-7-5-9(14-10(11)13-7)15-4-3-12-6-8(15)2/h5,8,12H,3-4,6H2,1-2H3/t8-/m1/s1. The maximum Gasteiger partial charge on any atom is 0.224 e. The van der Waals surface area contributed by atoms with Crippen LogP contribution in [0, 0.1) is 6.92 Å². The summed E-state index contributed by atoms with van der Waals surface area (Å²) < 4.78 is 0. The van der Waals surface area contributed by atoms with Crippen molar-refractivity contribution >= 4 is 17.4 Å². The number of hydrogen-bond donors (Lipinski definition) is 1. The molecule has 1 aliphatic rings. The second-order valence-electron chi connectivity index (χ2n) is 3.88. The summed E-state index contributed by atoms with van der Waals surface area (Å²) in [6.07, 6.45) is 0. The number of aryl methyl sites for hydroxylation is 1. The lowest BCUT2D eigenvalue weighted by molar-refractivity contribution is 0.497. The molecule has 0 unspecified atom stereocenters. The van der Waals surface area contributed by atoms with Gasteiger partial charge in [0.15, 0.2) is 0 Å². The first-order chi connectivity index (χ1) is 7.16. The van der Waals surface area contributed by atoms with Crippen molar-refractivity contribution in [2.75, 3.05) is 24.5 Å². The first kappa shape index (κ1) is 10.6. The molecule has 1 fully saturated rings. The molecule has 1 aromatic heterocycles. The second kappa shape index (κ2) is 4.33. The highest BCUT2D eigenvalue weighted by atomic mass is 35.5. The minimum atomic E-state index is 0.329. The van der Waals surface area contributed by atoms with Gasteiger partial charge >= 0.3 is 0 Å². The lowest BCUT2D eigenvalue weighted by Crippen LogP contribution is -2.50. The molecule has 82 valence electrons. The highest BCUT2D eigenvalue weighted by molar-refractivity contribution is 6.28. The number of anilines is 1. The Morgan fingerprint density at radius 1 is 1.53 bits per heavy atom. The van der Waals surface area contributed by atoms with Crippen molar-refractivity contribution in [1.29, 1.82) is 0 Å². The van der Waals surface area contributed by atoms with E-state index in [9.17, 15) is 0 Å². The van der Waals surface area contributed by atoms with Gasteiger partial charge < -0.3 is 10.2 Å². The number of nitrogens with zero attached hydrogens (tertiary/aromatic N) is 3. The largest absolute Gasteiger partial charge is 0.351 e. The van der Waals surface area contributed by atoms with Crippen LogP contribution in [-0.4, -0.2) is 35.6 Å². The normalized spacial score (nSPS) is 21.8. The van der Waals surface area contributed by atoms with E-state index in [4.69, 9.17) is 11.6 Å². The molecule has 15 heavy (non-hydrogen) atoms. The molecule has 0 aliphatic carbocycles. The van der Waals surface area contributed by atoms with E-state index >= 15 is 0 Å². The Kier molecular flexibility index (Phi) is 3.07. The molecule has 0 saturated carbocycles. The fourth-order valence-corrected chi connectivity index (χ4v) is 2.06. The molecule has 0 amide bonds. The van der Waals surface area contributed by atoms with Crippen LogP contribution in [0.3, 0.4) is 0 Å². The molecule has 5 heteroatoms. The Hall–Kier alpha value is -0.870. The predicted octanol–water partition coefficient (Wildman–Crippen LogP) is 1.24. The molecule has 1 N–H and O–H groups in total. The van der Waals surface area contributed by atoms with Crippen molar-refractivity contribution in [3.8, 4) is 0 Å². The van der Waals surface area contributed by atoms with Gasteiger partial charge in [0, 0.05) is 37.4 Å². The highest BCUT2D eigenvalue weighted by Gasteiger charge is 2.19. The molecule has 1 aliphatic heterocycles. The lowest BCUT2D eigenvalue weighted by atomic mass is 10.2. The van der Waals surface area contributed by atoms with E-state index in [-0.39, 0.29) is 0 Å². The Morgan fingerprint density at radius 2 is 2.33 bits per heavy atom. The van der Waals surface area contributed by atoms with Gasteiger partial charge in [-0.1, -0.05) is 0 Å². The summed E-state index contributed by atoms with van der Waals surface area (Å²) in [5.74, 6) is 0.932. The van der Waals surface area contributed by atoms with Crippen molar-refractivity contribution in [2.24, 2.45) is 0 Å². The molecule has 0 aromatic carbocycles. The third-order valence-electron chi connectivity index (χ3n) is 2.61. The zero-order valence-corrected chi connectivity index (χ0v) is 9.75. The third kappa shape index (κ3) is 2.38. The Balaban J connectivity index is 2.27. The van der Waals surface area contributed by atoms with E-state index in [1.807, 2.05) is 13.0 Å². The number of nitrogens with one attached hydrogen (secondary N) is 1. The topological polar surface area (TPSA) is 41.0 Å². The summed E-state index contributed by atoms with van der Waals surface area (Å²) in [6.45, 7) is 7.06. The minimum Gasteiger partial charge on any atom is -0.351 e. The zero-order chi connectivity index (χ0) is 10.8. The summed E-state index contributed by atoms with van der Waals surface area (Å²) in [6, 6.07) is 2.43.